The average molecular weight is 181 g/mol. The molecule has 0 aliphatic heterocycles. The first-order valence-electron chi connectivity index (χ1n) is 4.37. The van der Waals surface area contributed by atoms with E-state index in [0.29, 0.717) is 6.61 Å². The Morgan fingerprint density at radius 3 is 2.92 bits per heavy atom. The van der Waals surface area contributed by atoms with Gasteiger partial charge in [-0.3, -0.25) is 0 Å². The lowest BCUT2D eigenvalue weighted by Crippen LogP contribution is -2.14. The van der Waals surface area contributed by atoms with Crippen LogP contribution in [0.3, 0.4) is 0 Å². The predicted octanol–water partition coefficient (Wildman–Crippen LogP) is 1.08. The van der Waals surface area contributed by atoms with E-state index in [1.807, 2.05) is 31.2 Å². The molecule has 1 aromatic rings. The van der Waals surface area contributed by atoms with E-state index in [9.17, 15) is 0 Å². The van der Waals surface area contributed by atoms with Crippen LogP contribution in [0, 0.1) is 0 Å². The molecule has 0 bridgehead atoms. The van der Waals surface area contributed by atoms with E-state index < -0.39 is 0 Å². The molecule has 0 fully saturated rings. The molecule has 72 valence electrons. The minimum atomic E-state index is -0.319. The van der Waals surface area contributed by atoms with Crippen molar-refractivity contribution in [1.82, 2.24) is 0 Å². The number of aliphatic hydroxyl groups is 1. The molecule has 0 saturated heterocycles. The van der Waals surface area contributed by atoms with Crippen molar-refractivity contribution in [2.24, 2.45) is 5.73 Å². The second-order valence-corrected chi connectivity index (χ2v) is 2.79. The topological polar surface area (TPSA) is 55.5 Å². The molecule has 1 rings (SSSR count). The summed E-state index contributed by atoms with van der Waals surface area (Å²) in [5.74, 6) is 0.795. The number of nitrogens with two attached hydrogens (primary N) is 1. The van der Waals surface area contributed by atoms with Crippen molar-refractivity contribution in [3.8, 4) is 5.75 Å². The Morgan fingerprint density at radius 1 is 1.54 bits per heavy atom. The second-order valence-electron chi connectivity index (χ2n) is 2.79. The maximum absolute atomic E-state index is 8.84. The average Bonchev–Trinajstić information content (AvgIpc) is 2.18. The molecule has 0 spiro atoms. The van der Waals surface area contributed by atoms with E-state index in [-0.39, 0.29) is 12.6 Å². The van der Waals surface area contributed by atoms with Crippen LogP contribution in [0.15, 0.2) is 24.3 Å². The van der Waals surface area contributed by atoms with Gasteiger partial charge in [0.2, 0.25) is 0 Å². The normalized spacial score (nSPS) is 12.5. The van der Waals surface area contributed by atoms with Crippen molar-refractivity contribution < 1.29 is 9.84 Å². The van der Waals surface area contributed by atoms with Crippen LogP contribution in [-0.2, 0) is 0 Å². The van der Waals surface area contributed by atoms with Crippen LogP contribution in [0.4, 0.5) is 0 Å². The Hall–Kier alpha value is -1.06. The summed E-state index contributed by atoms with van der Waals surface area (Å²) in [7, 11) is 0. The third-order valence-electron chi connectivity index (χ3n) is 1.79. The summed E-state index contributed by atoms with van der Waals surface area (Å²) in [5.41, 5.74) is 6.55. The van der Waals surface area contributed by atoms with Crippen molar-refractivity contribution in [3.63, 3.8) is 0 Å². The number of hydrogen-bond acceptors (Lipinski definition) is 3. The third-order valence-corrected chi connectivity index (χ3v) is 1.79. The maximum atomic E-state index is 8.84. The summed E-state index contributed by atoms with van der Waals surface area (Å²) in [6.07, 6.45) is 0. The quantitative estimate of drug-likeness (QED) is 0.730. The van der Waals surface area contributed by atoms with Crippen LogP contribution in [0.25, 0.3) is 0 Å². The van der Waals surface area contributed by atoms with E-state index in [4.69, 9.17) is 15.6 Å². The summed E-state index contributed by atoms with van der Waals surface area (Å²) >= 11 is 0. The van der Waals surface area contributed by atoms with Gasteiger partial charge in [0.15, 0.2) is 0 Å². The predicted molar refractivity (Wildman–Crippen MR) is 51.6 cm³/mol. The zero-order chi connectivity index (χ0) is 9.68. The Labute approximate surface area is 78.1 Å². The first kappa shape index (κ1) is 10.0. The lowest BCUT2D eigenvalue weighted by Gasteiger charge is -2.10. The highest BCUT2D eigenvalue weighted by molar-refractivity contribution is 5.30. The summed E-state index contributed by atoms with van der Waals surface area (Å²) < 4.78 is 5.30. The van der Waals surface area contributed by atoms with Gasteiger partial charge in [-0.15, -0.1) is 0 Å². The van der Waals surface area contributed by atoms with Gasteiger partial charge in [-0.25, -0.2) is 0 Å². The van der Waals surface area contributed by atoms with Gasteiger partial charge in [-0.1, -0.05) is 12.1 Å². The standard InChI is InChI=1S/C10H15NO2/c1-2-13-9-5-3-4-8(6-9)10(11)7-12/h3-6,10,12H,2,7,11H2,1H3/t10-/m0/s1. The molecule has 0 unspecified atom stereocenters. The van der Waals surface area contributed by atoms with Crippen LogP contribution in [0.5, 0.6) is 5.75 Å². The molecule has 3 nitrogen and oxygen atoms in total. The fraction of sp³-hybridized carbons (Fsp3) is 0.400. The van der Waals surface area contributed by atoms with Gasteiger partial charge in [0, 0.05) is 0 Å². The van der Waals surface area contributed by atoms with Crippen LogP contribution in [0.1, 0.15) is 18.5 Å². The number of rotatable bonds is 4. The number of benzene rings is 1. The zero-order valence-electron chi connectivity index (χ0n) is 7.73. The van der Waals surface area contributed by atoms with E-state index >= 15 is 0 Å². The molecule has 13 heavy (non-hydrogen) atoms. The summed E-state index contributed by atoms with van der Waals surface area (Å²) in [5, 5.41) is 8.84. The van der Waals surface area contributed by atoms with Gasteiger partial charge in [-0.05, 0) is 24.6 Å². The minimum absolute atomic E-state index is 0.0461. The molecule has 1 atom stereocenters. The first-order valence-corrected chi connectivity index (χ1v) is 4.37. The Bertz CT molecular complexity index is 263. The van der Waals surface area contributed by atoms with Gasteiger partial charge in [0.05, 0.1) is 19.3 Å². The molecule has 1 aromatic carbocycles. The molecule has 0 saturated carbocycles. The number of aliphatic hydroxyl groups excluding tert-OH is 1. The van der Waals surface area contributed by atoms with Crippen LogP contribution in [0.2, 0.25) is 0 Å². The fourth-order valence-corrected chi connectivity index (χ4v) is 1.11. The Balaban J connectivity index is 2.78. The number of ether oxygens (including phenoxy) is 1. The molecule has 0 heterocycles. The van der Waals surface area contributed by atoms with Gasteiger partial charge < -0.3 is 15.6 Å². The van der Waals surface area contributed by atoms with E-state index in [1.165, 1.54) is 0 Å². The zero-order valence-corrected chi connectivity index (χ0v) is 7.73. The van der Waals surface area contributed by atoms with Crippen molar-refractivity contribution in [2.45, 2.75) is 13.0 Å². The maximum Gasteiger partial charge on any atom is 0.119 e. The van der Waals surface area contributed by atoms with E-state index in [1.54, 1.807) is 0 Å². The smallest absolute Gasteiger partial charge is 0.119 e. The van der Waals surface area contributed by atoms with Crippen molar-refractivity contribution >= 4 is 0 Å². The van der Waals surface area contributed by atoms with Crippen molar-refractivity contribution in [1.29, 1.82) is 0 Å². The first-order chi connectivity index (χ1) is 6.27. The third kappa shape index (κ3) is 2.72. The van der Waals surface area contributed by atoms with Crippen LogP contribution < -0.4 is 10.5 Å². The Kier molecular flexibility index (Phi) is 3.73. The highest BCUT2D eigenvalue weighted by atomic mass is 16.5. The molecular weight excluding hydrogens is 166 g/mol. The number of hydrogen-bond donors (Lipinski definition) is 2. The summed E-state index contributed by atoms with van der Waals surface area (Å²) in [6, 6.07) is 7.15. The summed E-state index contributed by atoms with van der Waals surface area (Å²) in [4.78, 5) is 0. The molecule has 0 radical (unpaired) electrons. The van der Waals surface area contributed by atoms with Crippen molar-refractivity contribution in [2.75, 3.05) is 13.2 Å². The van der Waals surface area contributed by atoms with Crippen LogP contribution in [-0.4, -0.2) is 18.3 Å². The largest absolute Gasteiger partial charge is 0.494 e. The molecule has 0 aliphatic rings. The van der Waals surface area contributed by atoms with Crippen molar-refractivity contribution in [3.05, 3.63) is 29.8 Å². The molecular formula is C10H15NO2. The molecule has 3 N–H and O–H groups in total. The lowest BCUT2D eigenvalue weighted by molar-refractivity contribution is 0.267. The highest BCUT2D eigenvalue weighted by Crippen LogP contribution is 2.17. The van der Waals surface area contributed by atoms with Gasteiger partial charge in [0.1, 0.15) is 5.75 Å². The Morgan fingerprint density at radius 2 is 2.31 bits per heavy atom. The van der Waals surface area contributed by atoms with Gasteiger partial charge >= 0.3 is 0 Å². The summed E-state index contributed by atoms with van der Waals surface area (Å²) in [6.45, 7) is 2.52. The van der Waals surface area contributed by atoms with E-state index in [2.05, 4.69) is 0 Å². The minimum Gasteiger partial charge on any atom is -0.494 e. The van der Waals surface area contributed by atoms with Gasteiger partial charge in [0.25, 0.3) is 0 Å². The molecule has 0 aromatic heterocycles. The molecule has 0 amide bonds. The second kappa shape index (κ2) is 4.84. The van der Waals surface area contributed by atoms with Crippen LogP contribution >= 0.6 is 0 Å². The lowest BCUT2D eigenvalue weighted by atomic mass is 10.1. The monoisotopic (exact) mass is 181 g/mol. The van der Waals surface area contributed by atoms with E-state index in [0.717, 1.165) is 11.3 Å². The fourth-order valence-electron chi connectivity index (χ4n) is 1.11. The SMILES string of the molecule is CCOc1cccc([C@@H](N)CO)c1. The molecule has 3 heteroatoms. The van der Waals surface area contributed by atoms with Gasteiger partial charge in [-0.2, -0.15) is 0 Å². The molecule has 0 aliphatic carbocycles. The highest BCUT2D eigenvalue weighted by Gasteiger charge is 2.04.